The van der Waals surface area contributed by atoms with E-state index in [2.05, 4.69) is 18.4 Å². The summed E-state index contributed by atoms with van der Waals surface area (Å²) in [4.78, 5) is 15.9. The zero-order valence-corrected chi connectivity index (χ0v) is 12.7. The van der Waals surface area contributed by atoms with Gasteiger partial charge in [0.25, 0.3) is 0 Å². The molecule has 1 fully saturated rings. The highest BCUT2D eigenvalue weighted by Gasteiger charge is 2.26. The number of aromatic carboxylic acids is 1. The average Bonchev–Trinajstić information content (AvgIpc) is 3.12. The van der Waals surface area contributed by atoms with E-state index in [9.17, 15) is 9.90 Å². The summed E-state index contributed by atoms with van der Waals surface area (Å²) in [6.07, 6.45) is 6.02. The number of hydrogen-bond donors (Lipinski definition) is 1. The third kappa shape index (κ3) is 2.43. The molecule has 0 bridgehead atoms. The molecule has 1 aliphatic carbocycles. The Bertz CT molecular complexity index is 669. The van der Waals surface area contributed by atoms with Crippen LogP contribution in [-0.2, 0) is 6.42 Å². The Balaban J connectivity index is 2.13. The monoisotopic (exact) mass is 286 g/mol. The van der Waals surface area contributed by atoms with Crippen LogP contribution < -0.4 is 0 Å². The van der Waals surface area contributed by atoms with E-state index < -0.39 is 5.97 Å². The predicted octanol–water partition coefficient (Wildman–Crippen LogP) is 4.05. The first kappa shape index (κ1) is 14.1. The van der Waals surface area contributed by atoms with Gasteiger partial charge in [-0.1, -0.05) is 19.8 Å². The van der Waals surface area contributed by atoms with Crippen LogP contribution >= 0.6 is 0 Å². The zero-order chi connectivity index (χ0) is 15.0. The number of carboxylic acid groups (broad SMARTS) is 1. The number of carbonyl (C=O) groups is 1. The second-order valence-electron chi connectivity index (χ2n) is 6.05. The summed E-state index contributed by atoms with van der Waals surface area (Å²) in [5.41, 5.74) is 2.21. The average molecular weight is 286 g/mol. The quantitative estimate of drug-likeness (QED) is 0.922. The minimum Gasteiger partial charge on any atom is -0.478 e. The number of rotatable bonds is 4. The van der Waals surface area contributed by atoms with E-state index in [4.69, 9.17) is 4.98 Å². The molecule has 1 N–H and O–H groups in total. The molecule has 1 saturated carbocycles. The molecule has 0 aliphatic heterocycles. The standard InChI is InChI=1S/C17H22N2O2/c1-3-16-18-14-9-8-13(17(20)21)10-15(14)19(16)11(2)12-6-4-5-7-12/h8-12H,3-7H2,1-2H3,(H,20,21). The molecule has 1 atom stereocenters. The summed E-state index contributed by atoms with van der Waals surface area (Å²) >= 11 is 0. The maximum Gasteiger partial charge on any atom is 0.335 e. The van der Waals surface area contributed by atoms with Crippen molar-refractivity contribution in [1.82, 2.24) is 9.55 Å². The van der Waals surface area contributed by atoms with Crippen molar-refractivity contribution in [2.45, 2.75) is 52.0 Å². The topological polar surface area (TPSA) is 55.1 Å². The van der Waals surface area contributed by atoms with Crippen molar-refractivity contribution < 1.29 is 9.90 Å². The van der Waals surface area contributed by atoms with Gasteiger partial charge in [-0.15, -0.1) is 0 Å². The van der Waals surface area contributed by atoms with Crippen LogP contribution in [0.3, 0.4) is 0 Å². The van der Waals surface area contributed by atoms with Gasteiger partial charge in [0.1, 0.15) is 5.82 Å². The van der Waals surface area contributed by atoms with E-state index >= 15 is 0 Å². The van der Waals surface area contributed by atoms with Gasteiger partial charge < -0.3 is 9.67 Å². The maximum atomic E-state index is 11.2. The number of fused-ring (bicyclic) bond motifs is 1. The van der Waals surface area contributed by atoms with Crippen molar-refractivity contribution in [3.05, 3.63) is 29.6 Å². The predicted molar refractivity (Wildman–Crippen MR) is 82.7 cm³/mol. The Morgan fingerprint density at radius 3 is 2.76 bits per heavy atom. The van der Waals surface area contributed by atoms with Crippen LogP contribution in [0.2, 0.25) is 0 Å². The highest BCUT2D eigenvalue weighted by atomic mass is 16.4. The Labute approximate surface area is 124 Å². The normalized spacial score (nSPS) is 17.4. The molecule has 1 heterocycles. The number of aromatic nitrogens is 2. The molecule has 1 unspecified atom stereocenters. The van der Waals surface area contributed by atoms with Gasteiger partial charge in [-0.3, -0.25) is 0 Å². The Hall–Kier alpha value is -1.84. The fourth-order valence-corrected chi connectivity index (χ4v) is 3.63. The molecular weight excluding hydrogens is 264 g/mol. The number of hydrogen-bond acceptors (Lipinski definition) is 2. The smallest absolute Gasteiger partial charge is 0.335 e. The number of carboxylic acids is 1. The first-order valence-electron chi connectivity index (χ1n) is 7.86. The lowest BCUT2D eigenvalue weighted by atomic mass is 9.99. The van der Waals surface area contributed by atoms with Crippen molar-refractivity contribution in [3.63, 3.8) is 0 Å². The molecular formula is C17H22N2O2. The van der Waals surface area contributed by atoms with Crippen LogP contribution in [0.15, 0.2) is 18.2 Å². The number of benzene rings is 1. The minimum absolute atomic E-state index is 0.338. The highest BCUT2D eigenvalue weighted by Crippen LogP contribution is 2.36. The second kappa shape index (κ2) is 5.51. The van der Waals surface area contributed by atoms with Gasteiger partial charge in [0.15, 0.2) is 0 Å². The van der Waals surface area contributed by atoms with Crippen molar-refractivity contribution in [3.8, 4) is 0 Å². The van der Waals surface area contributed by atoms with Crippen molar-refractivity contribution in [1.29, 1.82) is 0 Å². The summed E-state index contributed by atoms with van der Waals surface area (Å²) in [7, 11) is 0. The molecule has 0 radical (unpaired) electrons. The van der Waals surface area contributed by atoms with Crippen molar-refractivity contribution in [2.24, 2.45) is 5.92 Å². The summed E-state index contributed by atoms with van der Waals surface area (Å²) in [6, 6.07) is 5.63. The first-order valence-corrected chi connectivity index (χ1v) is 7.86. The summed E-state index contributed by atoms with van der Waals surface area (Å²) < 4.78 is 2.28. The third-order valence-electron chi connectivity index (χ3n) is 4.82. The molecule has 1 aliphatic rings. The SMILES string of the molecule is CCc1nc2ccc(C(=O)O)cc2n1C(C)C1CCCC1. The summed E-state index contributed by atoms with van der Waals surface area (Å²) in [6.45, 7) is 4.36. The molecule has 1 aromatic heterocycles. The molecule has 2 aromatic rings. The Morgan fingerprint density at radius 2 is 2.14 bits per heavy atom. The van der Waals surface area contributed by atoms with Gasteiger partial charge in [0.05, 0.1) is 16.6 Å². The van der Waals surface area contributed by atoms with Gasteiger partial charge in [0, 0.05) is 12.5 Å². The van der Waals surface area contributed by atoms with Gasteiger partial charge in [0.2, 0.25) is 0 Å². The molecule has 4 nitrogen and oxygen atoms in total. The number of nitrogens with zero attached hydrogens (tertiary/aromatic N) is 2. The van der Waals surface area contributed by atoms with Gasteiger partial charge >= 0.3 is 5.97 Å². The van der Waals surface area contributed by atoms with Crippen LogP contribution in [0.4, 0.5) is 0 Å². The van der Waals surface area contributed by atoms with Crippen LogP contribution in [0.25, 0.3) is 11.0 Å². The first-order chi connectivity index (χ1) is 10.1. The second-order valence-corrected chi connectivity index (χ2v) is 6.05. The lowest BCUT2D eigenvalue weighted by Crippen LogP contribution is -2.16. The highest BCUT2D eigenvalue weighted by molar-refractivity contribution is 5.92. The van der Waals surface area contributed by atoms with Crippen LogP contribution in [0, 0.1) is 5.92 Å². The summed E-state index contributed by atoms with van der Waals surface area (Å²) in [5, 5.41) is 9.22. The molecule has 112 valence electrons. The molecule has 3 rings (SSSR count). The molecule has 4 heteroatoms. The third-order valence-corrected chi connectivity index (χ3v) is 4.82. The number of aryl methyl sites for hydroxylation is 1. The lowest BCUT2D eigenvalue weighted by Gasteiger charge is -2.23. The van der Waals surface area contributed by atoms with Crippen molar-refractivity contribution in [2.75, 3.05) is 0 Å². The fraction of sp³-hybridized carbons (Fsp3) is 0.529. The van der Waals surface area contributed by atoms with Gasteiger partial charge in [-0.05, 0) is 43.9 Å². The molecule has 0 saturated heterocycles. The maximum absolute atomic E-state index is 11.2. The van der Waals surface area contributed by atoms with Gasteiger partial charge in [-0.2, -0.15) is 0 Å². The lowest BCUT2D eigenvalue weighted by molar-refractivity contribution is 0.0697. The van der Waals surface area contributed by atoms with Crippen LogP contribution in [0.1, 0.15) is 61.8 Å². The van der Waals surface area contributed by atoms with Crippen molar-refractivity contribution >= 4 is 17.0 Å². The zero-order valence-electron chi connectivity index (χ0n) is 12.7. The molecule has 21 heavy (non-hydrogen) atoms. The van der Waals surface area contributed by atoms with E-state index in [1.165, 1.54) is 25.7 Å². The minimum atomic E-state index is -0.879. The fourth-order valence-electron chi connectivity index (χ4n) is 3.63. The largest absolute Gasteiger partial charge is 0.478 e. The van der Waals surface area contributed by atoms with E-state index in [-0.39, 0.29) is 0 Å². The Morgan fingerprint density at radius 1 is 1.43 bits per heavy atom. The molecule has 0 amide bonds. The molecule has 1 aromatic carbocycles. The van der Waals surface area contributed by atoms with Crippen LogP contribution in [-0.4, -0.2) is 20.6 Å². The summed E-state index contributed by atoms with van der Waals surface area (Å²) in [5.74, 6) is 0.865. The van der Waals surface area contributed by atoms with E-state index in [1.807, 2.05) is 6.07 Å². The van der Waals surface area contributed by atoms with E-state index in [0.29, 0.717) is 17.5 Å². The Kier molecular flexibility index (Phi) is 3.70. The molecule has 0 spiro atoms. The van der Waals surface area contributed by atoms with Crippen LogP contribution in [0.5, 0.6) is 0 Å². The van der Waals surface area contributed by atoms with E-state index in [0.717, 1.165) is 23.3 Å². The number of imidazole rings is 1. The van der Waals surface area contributed by atoms with E-state index in [1.54, 1.807) is 12.1 Å². The van der Waals surface area contributed by atoms with Gasteiger partial charge in [-0.25, -0.2) is 9.78 Å².